The Balaban J connectivity index is 1.63. The third-order valence-corrected chi connectivity index (χ3v) is 6.02. The number of carbonyl (C=O) groups excluding carboxylic acids is 1. The molecule has 8 nitrogen and oxygen atoms in total. The summed E-state index contributed by atoms with van der Waals surface area (Å²) in [5.41, 5.74) is 0.530. The number of hydrogen-bond donors (Lipinski definition) is 1. The number of piperidine rings is 1. The Morgan fingerprint density at radius 3 is 2.93 bits per heavy atom. The fraction of sp³-hybridized carbons (Fsp3) is 0.667. The molecule has 1 unspecified atom stereocenters. The van der Waals surface area contributed by atoms with Crippen molar-refractivity contribution in [2.75, 3.05) is 44.2 Å². The van der Waals surface area contributed by atoms with Gasteiger partial charge in [-0.2, -0.15) is 4.52 Å². The van der Waals surface area contributed by atoms with Crippen LogP contribution in [0.5, 0.6) is 0 Å². The zero-order valence-corrected chi connectivity index (χ0v) is 17.1. The number of aryl methyl sites for hydroxylation is 1. The summed E-state index contributed by atoms with van der Waals surface area (Å²) in [4.78, 5) is 34.0. The van der Waals surface area contributed by atoms with Gasteiger partial charge in [-0.1, -0.05) is 25.2 Å². The fourth-order valence-corrected chi connectivity index (χ4v) is 4.41. The summed E-state index contributed by atoms with van der Waals surface area (Å²) in [6.45, 7) is 11.1. The number of carbonyl (C=O) groups is 1. The Morgan fingerprint density at radius 2 is 2.19 bits per heavy atom. The molecular formula is C18H28N6O2S. The molecule has 1 fully saturated rings. The van der Waals surface area contributed by atoms with Gasteiger partial charge >= 0.3 is 0 Å². The first-order chi connectivity index (χ1) is 13.0. The molecule has 27 heavy (non-hydrogen) atoms. The lowest BCUT2D eigenvalue weighted by molar-refractivity contribution is -0.125. The molecule has 0 bridgehead atoms. The van der Waals surface area contributed by atoms with Gasteiger partial charge in [0.1, 0.15) is 0 Å². The van der Waals surface area contributed by atoms with Crippen molar-refractivity contribution in [3.05, 3.63) is 22.1 Å². The normalized spacial score (nSPS) is 17.6. The SMILES string of the molecule is CCN(CC)CCNC(=O)C1CCCN(c2nn3c(=O)cc(C)nc3s2)C1. The summed E-state index contributed by atoms with van der Waals surface area (Å²) in [6, 6.07) is 1.48. The van der Waals surface area contributed by atoms with Gasteiger partial charge in [0.2, 0.25) is 16.0 Å². The van der Waals surface area contributed by atoms with Gasteiger partial charge in [-0.15, -0.1) is 5.10 Å². The number of fused-ring (bicyclic) bond motifs is 1. The van der Waals surface area contributed by atoms with Crippen LogP contribution in [0.15, 0.2) is 10.9 Å². The maximum atomic E-state index is 12.6. The highest BCUT2D eigenvalue weighted by molar-refractivity contribution is 7.20. The molecular weight excluding hydrogens is 364 g/mol. The Hall–Kier alpha value is -2.00. The summed E-state index contributed by atoms with van der Waals surface area (Å²) in [5, 5.41) is 8.26. The first kappa shape index (κ1) is 19.8. The van der Waals surface area contributed by atoms with Crippen molar-refractivity contribution in [2.24, 2.45) is 5.92 Å². The zero-order chi connectivity index (χ0) is 19.4. The lowest BCUT2D eigenvalue weighted by Gasteiger charge is -2.31. The Bertz CT molecular complexity index is 844. The molecule has 3 heterocycles. The molecule has 0 saturated carbocycles. The Morgan fingerprint density at radius 1 is 1.41 bits per heavy atom. The number of anilines is 1. The molecule has 1 aliphatic rings. The summed E-state index contributed by atoms with van der Waals surface area (Å²) in [5.74, 6) is 0.0630. The highest BCUT2D eigenvalue weighted by Gasteiger charge is 2.27. The van der Waals surface area contributed by atoms with Crippen molar-refractivity contribution < 1.29 is 4.79 Å². The second-order valence-electron chi connectivity index (χ2n) is 6.92. The number of amides is 1. The second kappa shape index (κ2) is 8.79. The van der Waals surface area contributed by atoms with E-state index in [9.17, 15) is 9.59 Å². The maximum Gasteiger partial charge on any atom is 0.275 e. The van der Waals surface area contributed by atoms with Gasteiger partial charge in [-0.3, -0.25) is 9.59 Å². The van der Waals surface area contributed by atoms with E-state index >= 15 is 0 Å². The van der Waals surface area contributed by atoms with Crippen LogP contribution in [0, 0.1) is 12.8 Å². The molecule has 0 radical (unpaired) electrons. The molecule has 1 saturated heterocycles. The van der Waals surface area contributed by atoms with Crippen molar-refractivity contribution in [3.8, 4) is 0 Å². The number of likely N-dealkylation sites (N-methyl/N-ethyl adjacent to an activating group) is 1. The second-order valence-corrected chi connectivity index (χ2v) is 7.85. The van der Waals surface area contributed by atoms with E-state index in [1.807, 2.05) is 0 Å². The third-order valence-electron chi connectivity index (χ3n) is 5.05. The average Bonchev–Trinajstić information content (AvgIpc) is 3.09. The predicted octanol–water partition coefficient (Wildman–Crippen LogP) is 1.13. The molecule has 1 amide bonds. The van der Waals surface area contributed by atoms with E-state index in [0.717, 1.165) is 44.2 Å². The summed E-state index contributed by atoms with van der Waals surface area (Å²) < 4.78 is 1.35. The highest BCUT2D eigenvalue weighted by atomic mass is 32.1. The van der Waals surface area contributed by atoms with Crippen LogP contribution in [0.25, 0.3) is 4.96 Å². The van der Waals surface area contributed by atoms with Crippen molar-refractivity contribution in [1.82, 2.24) is 24.8 Å². The minimum atomic E-state index is -0.164. The molecule has 1 N–H and O–H groups in total. The number of aromatic nitrogens is 3. The van der Waals surface area contributed by atoms with Gasteiger partial charge in [0.25, 0.3) is 5.56 Å². The van der Waals surface area contributed by atoms with E-state index in [-0.39, 0.29) is 17.4 Å². The Labute approximate surface area is 163 Å². The molecule has 3 rings (SSSR count). The molecule has 2 aromatic rings. The molecule has 148 valence electrons. The van der Waals surface area contributed by atoms with Gasteiger partial charge in [-0.25, -0.2) is 4.98 Å². The zero-order valence-electron chi connectivity index (χ0n) is 16.3. The number of nitrogens with one attached hydrogen (secondary N) is 1. The van der Waals surface area contributed by atoms with E-state index in [2.05, 4.69) is 39.0 Å². The van der Waals surface area contributed by atoms with Gasteiger partial charge < -0.3 is 15.1 Å². The Kier molecular flexibility index (Phi) is 6.43. The number of hydrogen-bond acceptors (Lipinski definition) is 7. The van der Waals surface area contributed by atoms with Crippen molar-refractivity contribution >= 4 is 27.3 Å². The molecule has 0 aliphatic carbocycles. The van der Waals surface area contributed by atoms with E-state index in [1.54, 1.807) is 6.92 Å². The molecule has 0 aromatic carbocycles. The molecule has 2 aromatic heterocycles. The largest absolute Gasteiger partial charge is 0.355 e. The summed E-state index contributed by atoms with van der Waals surface area (Å²) >= 11 is 1.40. The van der Waals surface area contributed by atoms with Crippen LogP contribution in [0.1, 0.15) is 32.4 Å². The van der Waals surface area contributed by atoms with E-state index in [4.69, 9.17) is 0 Å². The first-order valence-corrected chi connectivity index (χ1v) is 10.5. The van der Waals surface area contributed by atoms with Crippen LogP contribution in [0.2, 0.25) is 0 Å². The van der Waals surface area contributed by atoms with Crippen molar-refractivity contribution in [2.45, 2.75) is 33.6 Å². The minimum absolute atomic E-state index is 0.0473. The molecule has 9 heteroatoms. The van der Waals surface area contributed by atoms with E-state index in [0.29, 0.717) is 23.7 Å². The topological polar surface area (TPSA) is 82.8 Å². The average molecular weight is 393 g/mol. The van der Waals surface area contributed by atoms with Crippen LogP contribution in [0.4, 0.5) is 5.13 Å². The first-order valence-electron chi connectivity index (χ1n) is 9.64. The van der Waals surface area contributed by atoms with Crippen LogP contribution in [0.3, 0.4) is 0 Å². The fourth-order valence-electron chi connectivity index (χ4n) is 3.42. The van der Waals surface area contributed by atoms with Crippen LogP contribution in [-0.4, -0.2) is 64.7 Å². The van der Waals surface area contributed by atoms with E-state index < -0.39 is 0 Å². The van der Waals surface area contributed by atoms with Crippen molar-refractivity contribution in [3.63, 3.8) is 0 Å². The third kappa shape index (κ3) is 4.65. The van der Waals surface area contributed by atoms with Crippen molar-refractivity contribution in [1.29, 1.82) is 0 Å². The standard InChI is InChI=1S/C18H28N6O2S/c1-4-22(5-2)10-8-19-16(26)14-7-6-9-23(12-14)18-21-24-15(25)11-13(3)20-17(24)27-18/h11,14H,4-10,12H2,1-3H3,(H,19,26). The number of nitrogens with zero attached hydrogens (tertiary/aromatic N) is 5. The highest BCUT2D eigenvalue weighted by Crippen LogP contribution is 2.26. The lowest BCUT2D eigenvalue weighted by Crippen LogP contribution is -2.44. The lowest BCUT2D eigenvalue weighted by atomic mass is 9.97. The minimum Gasteiger partial charge on any atom is -0.355 e. The quantitative estimate of drug-likeness (QED) is 0.761. The van der Waals surface area contributed by atoms with Gasteiger partial charge in [0.15, 0.2) is 0 Å². The van der Waals surface area contributed by atoms with Crippen LogP contribution >= 0.6 is 11.3 Å². The maximum absolute atomic E-state index is 12.6. The van der Waals surface area contributed by atoms with Gasteiger partial charge in [-0.05, 0) is 32.9 Å². The van der Waals surface area contributed by atoms with E-state index in [1.165, 1.54) is 21.9 Å². The van der Waals surface area contributed by atoms with Crippen LogP contribution < -0.4 is 15.8 Å². The van der Waals surface area contributed by atoms with Crippen LogP contribution in [-0.2, 0) is 4.79 Å². The van der Waals surface area contributed by atoms with Gasteiger partial charge in [0.05, 0.1) is 5.92 Å². The molecule has 0 spiro atoms. The summed E-state index contributed by atoms with van der Waals surface area (Å²) in [6.07, 6.45) is 1.82. The predicted molar refractivity (Wildman–Crippen MR) is 108 cm³/mol. The summed E-state index contributed by atoms with van der Waals surface area (Å²) in [7, 11) is 0. The smallest absolute Gasteiger partial charge is 0.275 e. The monoisotopic (exact) mass is 392 g/mol. The molecule has 1 aliphatic heterocycles. The number of rotatable bonds is 7. The van der Waals surface area contributed by atoms with Gasteiger partial charge in [0, 0.05) is 37.9 Å². The molecule has 1 atom stereocenters.